The highest BCUT2D eigenvalue weighted by Gasteiger charge is 2.25. The van der Waals surface area contributed by atoms with Gasteiger partial charge in [0.1, 0.15) is 6.04 Å². The van der Waals surface area contributed by atoms with Crippen molar-refractivity contribution in [2.75, 3.05) is 45.8 Å². The van der Waals surface area contributed by atoms with Crippen LogP contribution in [0.4, 0.5) is 0 Å². The van der Waals surface area contributed by atoms with Gasteiger partial charge in [0.2, 0.25) is 5.91 Å². The van der Waals surface area contributed by atoms with Crippen molar-refractivity contribution in [3.8, 4) is 0 Å². The Morgan fingerprint density at radius 2 is 1.75 bits per heavy atom. The van der Waals surface area contributed by atoms with Crippen molar-refractivity contribution in [1.82, 2.24) is 20.4 Å². The third-order valence-electron chi connectivity index (χ3n) is 5.22. The summed E-state index contributed by atoms with van der Waals surface area (Å²) < 4.78 is 0. The average Bonchev–Trinajstić information content (AvgIpc) is 2.69. The molecule has 1 saturated heterocycles. The van der Waals surface area contributed by atoms with E-state index in [1.54, 1.807) is 24.3 Å². The molecule has 1 aromatic rings. The molecule has 2 N–H and O–H groups in total. The number of amides is 2. The van der Waals surface area contributed by atoms with Crippen molar-refractivity contribution in [1.29, 1.82) is 0 Å². The quantitative estimate of drug-likeness (QED) is 0.615. The van der Waals surface area contributed by atoms with Crippen LogP contribution in [-0.4, -0.2) is 73.5 Å². The van der Waals surface area contributed by atoms with Crippen molar-refractivity contribution in [3.63, 3.8) is 0 Å². The molecule has 1 heterocycles. The van der Waals surface area contributed by atoms with Gasteiger partial charge in [0.05, 0.1) is 10.6 Å². The summed E-state index contributed by atoms with van der Waals surface area (Å²) in [5, 5.41) is 6.18. The van der Waals surface area contributed by atoms with Crippen molar-refractivity contribution in [2.24, 2.45) is 5.92 Å². The SMILES string of the molecule is CCN1CCN(CCCNC(=O)[C@H](NC(=O)c2ccccc2Cl)C(C)C)CC1. The predicted molar refractivity (Wildman–Crippen MR) is 114 cm³/mol. The summed E-state index contributed by atoms with van der Waals surface area (Å²) in [6, 6.07) is 6.27. The molecule has 156 valence electrons. The van der Waals surface area contributed by atoms with Crippen LogP contribution in [0.3, 0.4) is 0 Å². The minimum Gasteiger partial charge on any atom is -0.354 e. The maximum atomic E-state index is 12.6. The van der Waals surface area contributed by atoms with Crippen LogP contribution in [0.15, 0.2) is 24.3 Å². The molecule has 2 amide bonds. The monoisotopic (exact) mass is 408 g/mol. The van der Waals surface area contributed by atoms with Gasteiger partial charge >= 0.3 is 0 Å². The molecular weight excluding hydrogens is 376 g/mol. The molecule has 1 aliphatic rings. The second kappa shape index (κ2) is 11.4. The van der Waals surface area contributed by atoms with Crippen LogP contribution in [0.25, 0.3) is 0 Å². The molecule has 6 nitrogen and oxygen atoms in total. The van der Waals surface area contributed by atoms with Crippen LogP contribution < -0.4 is 10.6 Å². The third-order valence-corrected chi connectivity index (χ3v) is 5.55. The first-order chi connectivity index (χ1) is 13.4. The second-order valence-corrected chi connectivity index (χ2v) is 8.00. The van der Waals surface area contributed by atoms with Crippen molar-refractivity contribution in [2.45, 2.75) is 33.2 Å². The summed E-state index contributed by atoms with van der Waals surface area (Å²) in [4.78, 5) is 30.0. The Labute approximate surface area is 173 Å². The Morgan fingerprint density at radius 1 is 1.11 bits per heavy atom. The van der Waals surface area contributed by atoms with Gasteiger partial charge < -0.3 is 20.4 Å². The van der Waals surface area contributed by atoms with E-state index in [1.165, 1.54) is 0 Å². The fourth-order valence-corrected chi connectivity index (χ4v) is 3.57. The summed E-state index contributed by atoms with van der Waals surface area (Å²) >= 11 is 6.09. The maximum absolute atomic E-state index is 12.6. The van der Waals surface area contributed by atoms with Gasteiger partial charge in [-0.05, 0) is 37.6 Å². The van der Waals surface area contributed by atoms with Gasteiger partial charge in [-0.1, -0.05) is 44.5 Å². The van der Waals surface area contributed by atoms with Gasteiger partial charge in [-0.3, -0.25) is 9.59 Å². The van der Waals surface area contributed by atoms with Crippen LogP contribution in [-0.2, 0) is 4.79 Å². The number of likely N-dealkylation sites (N-methyl/N-ethyl adjacent to an activating group) is 1. The Bertz CT molecular complexity index is 645. The van der Waals surface area contributed by atoms with Crippen LogP contribution in [0.1, 0.15) is 37.6 Å². The summed E-state index contributed by atoms with van der Waals surface area (Å²) in [5.74, 6) is -0.493. The summed E-state index contributed by atoms with van der Waals surface area (Å²) in [7, 11) is 0. The van der Waals surface area contributed by atoms with E-state index in [1.807, 2.05) is 13.8 Å². The standard InChI is InChI=1S/C21H33ClN4O2/c1-4-25-12-14-26(15-13-25)11-7-10-23-21(28)19(16(2)3)24-20(27)17-8-5-6-9-18(17)22/h5-6,8-9,16,19H,4,7,10-15H2,1-3H3,(H,23,28)(H,24,27)/t19-/m1/s1. The van der Waals surface area contributed by atoms with E-state index >= 15 is 0 Å². The van der Waals surface area contributed by atoms with E-state index in [4.69, 9.17) is 11.6 Å². The molecule has 1 fully saturated rings. The average molecular weight is 409 g/mol. The first-order valence-corrected chi connectivity index (χ1v) is 10.6. The number of rotatable bonds is 9. The summed E-state index contributed by atoms with van der Waals surface area (Å²) in [6.45, 7) is 13.2. The van der Waals surface area contributed by atoms with Gasteiger partial charge in [-0.15, -0.1) is 0 Å². The smallest absolute Gasteiger partial charge is 0.253 e. The highest BCUT2D eigenvalue weighted by atomic mass is 35.5. The fourth-order valence-electron chi connectivity index (χ4n) is 3.35. The lowest BCUT2D eigenvalue weighted by molar-refractivity contribution is -0.123. The molecule has 2 rings (SSSR count). The molecule has 28 heavy (non-hydrogen) atoms. The molecule has 0 bridgehead atoms. The van der Waals surface area contributed by atoms with E-state index in [9.17, 15) is 9.59 Å². The minimum atomic E-state index is -0.586. The molecule has 0 aliphatic carbocycles. The first kappa shape index (κ1) is 22.7. The number of carbonyl (C=O) groups excluding carboxylic acids is 2. The number of halogens is 1. The summed E-state index contributed by atoms with van der Waals surface area (Å²) in [6.07, 6.45) is 0.904. The Balaban J connectivity index is 1.76. The zero-order valence-corrected chi connectivity index (χ0v) is 18.0. The Kier molecular flexibility index (Phi) is 9.22. The van der Waals surface area contributed by atoms with Gasteiger partial charge in [0.15, 0.2) is 0 Å². The van der Waals surface area contributed by atoms with E-state index in [-0.39, 0.29) is 17.7 Å². The molecule has 0 spiro atoms. The van der Waals surface area contributed by atoms with Gasteiger partial charge in [0.25, 0.3) is 5.91 Å². The molecule has 1 aliphatic heterocycles. The van der Waals surface area contributed by atoms with E-state index in [2.05, 4.69) is 27.4 Å². The highest BCUT2D eigenvalue weighted by molar-refractivity contribution is 6.33. The fraction of sp³-hybridized carbons (Fsp3) is 0.619. The largest absolute Gasteiger partial charge is 0.354 e. The van der Waals surface area contributed by atoms with E-state index in [0.29, 0.717) is 17.1 Å². The molecule has 0 saturated carbocycles. The number of hydrogen-bond acceptors (Lipinski definition) is 4. The van der Waals surface area contributed by atoms with Crippen molar-refractivity contribution >= 4 is 23.4 Å². The van der Waals surface area contributed by atoms with Crippen molar-refractivity contribution in [3.05, 3.63) is 34.9 Å². The number of piperazine rings is 1. The zero-order chi connectivity index (χ0) is 20.5. The van der Waals surface area contributed by atoms with Gasteiger partial charge in [0, 0.05) is 32.7 Å². The number of hydrogen-bond donors (Lipinski definition) is 2. The third kappa shape index (κ3) is 6.76. The van der Waals surface area contributed by atoms with Crippen LogP contribution in [0, 0.1) is 5.92 Å². The Morgan fingerprint density at radius 3 is 2.36 bits per heavy atom. The number of nitrogens with zero attached hydrogens (tertiary/aromatic N) is 2. The number of carbonyl (C=O) groups is 2. The number of nitrogens with one attached hydrogen (secondary N) is 2. The molecule has 0 radical (unpaired) electrons. The van der Waals surface area contributed by atoms with Crippen molar-refractivity contribution < 1.29 is 9.59 Å². The highest BCUT2D eigenvalue weighted by Crippen LogP contribution is 2.15. The molecule has 0 aromatic heterocycles. The van der Waals surface area contributed by atoms with Crippen LogP contribution >= 0.6 is 11.6 Å². The van der Waals surface area contributed by atoms with Crippen LogP contribution in [0.5, 0.6) is 0 Å². The van der Waals surface area contributed by atoms with E-state index < -0.39 is 6.04 Å². The lowest BCUT2D eigenvalue weighted by atomic mass is 10.0. The van der Waals surface area contributed by atoms with Crippen LogP contribution in [0.2, 0.25) is 5.02 Å². The molecule has 1 atom stereocenters. The molecular formula is C21H33ClN4O2. The minimum absolute atomic E-state index is 0.0199. The Hall–Kier alpha value is -1.63. The normalized spacial score (nSPS) is 16.8. The molecule has 7 heteroatoms. The predicted octanol–water partition coefficient (Wildman–Crippen LogP) is 2.24. The number of benzene rings is 1. The maximum Gasteiger partial charge on any atom is 0.253 e. The first-order valence-electron chi connectivity index (χ1n) is 10.2. The topological polar surface area (TPSA) is 64.7 Å². The zero-order valence-electron chi connectivity index (χ0n) is 17.2. The molecule has 0 unspecified atom stereocenters. The van der Waals surface area contributed by atoms with Gasteiger partial charge in [-0.2, -0.15) is 0 Å². The lowest BCUT2D eigenvalue weighted by Crippen LogP contribution is -2.50. The summed E-state index contributed by atoms with van der Waals surface area (Å²) in [5.41, 5.74) is 0.383. The molecule has 1 aromatic carbocycles. The van der Waals surface area contributed by atoms with E-state index in [0.717, 1.165) is 45.7 Å². The van der Waals surface area contributed by atoms with Gasteiger partial charge in [-0.25, -0.2) is 0 Å². The second-order valence-electron chi connectivity index (χ2n) is 7.60. The lowest BCUT2D eigenvalue weighted by Gasteiger charge is -2.34.